The van der Waals surface area contributed by atoms with Crippen molar-refractivity contribution >= 4 is 17.2 Å². The van der Waals surface area contributed by atoms with Gasteiger partial charge in [0.2, 0.25) is 0 Å². The van der Waals surface area contributed by atoms with Crippen molar-refractivity contribution < 1.29 is 4.79 Å². The van der Waals surface area contributed by atoms with Crippen molar-refractivity contribution in [3.63, 3.8) is 0 Å². The van der Waals surface area contributed by atoms with E-state index in [4.69, 9.17) is 0 Å². The average molecular weight is 314 g/mol. The van der Waals surface area contributed by atoms with Crippen LogP contribution in [-0.2, 0) is 19.4 Å². The minimum absolute atomic E-state index is 0.0133. The van der Waals surface area contributed by atoms with E-state index < -0.39 is 0 Å². The highest BCUT2D eigenvalue weighted by Crippen LogP contribution is 2.21. The third-order valence-corrected chi connectivity index (χ3v) is 4.70. The van der Waals surface area contributed by atoms with Gasteiger partial charge in [-0.25, -0.2) is 0 Å². The number of nitrogens with zero attached hydrogens (tertiary/aromatic N) is 1. The smallest absolute Gasteiger partial charge is 0.252 e. The molecule has 2 aromatic rings. The monoisotopic (exact) mass is 314 g/mol. The Hall–Kier alpha value is -2.14. The number of aromatic nitrogens is 1. The molecule has 1 aliphatic carbocycles. The molecular formula is C17H18N2O2S. The first-order valence-electron chi connectivity index (χ1n) is 7.34. The Morgan fingerprint density at radius 1 is 1.45 bits per heavy atom. The zero-order chi connectivity index (χ0) is 15.5. The number of thiophene rings is 1. The first-order chi connectivity index (χ1) is 10.7. The fourth-order valence-electron chi connectivity index (χ4n) is 2.94. The highest BCUT2D eigenvalue weighted by atomic mass is 32.1. The zero-order valence-corrected chi connectivity index (χ0v) is 13.1. The molecule has 2 aromatic heterocycles. The van der Waals surface area contributed by atoms with Crippen LogP contribution in [0, 0.1) is 0 Å². The Morgan fingerprint density at radius 3 is 3.05 bits per heavy atom. The molecular weight excluding hydrogens is 296 g/mol. The molecule has 1 amide bonds. The van der Waals surface area contributed by atoms with Gasteiger partial charge in [-0.15, -0.1) is 6.58 Å². The van der Waals surface area contributed by atoms with Crippen LogP contribution >= 0.6 is 11.3 Å². The van der Waals surface area contributed by atoms with E-state index in [1.807, 2.05) is 22.9 Å². The average Bonchev–Trinajstić information content (AvgIpc) is 3.05. The van der Waals surface area contributed by atoms with E-state index in [0.29, 0.717) is 12.1 Å². The van der Waals surface area contributed by atoms with E-state index in [0.717, 1.165) is 30.5 Å². The predicted molar refractivity (Wildman–Crippen MR) is 88.5 cm³/mol. The molecule has 0 spiro atoms. The van der Waals surface area contributed by atoms with Crippen LogP contribution in [0.5, 0.6) is 0 Å². The highest BCUT2D eigenvalue weighted by Gasteiger charge is 2.23. The van der Waals surface area contributed by atoms with Gasteiger partial charge in [0.15, 0.2) is 0 Å². The molecule has 0 saturated carbocycles. The summed E-state index contributed by atoms with van der Waals surface area (Å²) in [5.41, 5.74) is 2.95. The highest BCUT2D eigenvalue weighted by molar-refractivity contribution is 7.08. The fourth-order valence-corrected chi connectivity index (χ4v) is 3.58. The van der Waals surface area contributed by atoms with Crippen LogP contribution in [0.1, 0.15) is 28.0 Å². The van der Waals surface area contributed by atoms with E-state index >= 15 is 0 Å². The fraction of sp³-hybridized carbons (Fsp3) is 0.294. The summed E-state index contributed by atoms with van der Waals surface area (Å²) in [5.74, 6) is -0.0193. The van der Waals surface area contributed by atoms with Gasteiger partial charge < -0.3 is 9.88 Å². The Morgan fingerprint density at radius 2 is 2.32 bits per heavy atom. The van der Waals surface area contributed by atoms with Crippen molar-refractivity contribution in [1.82, 2.24) is 9.88 Å². The van der Waals surface area contributed by atoms with Gasteiger partial charge in [0.1, 0.15) is 0 Å². The van der Waals surface area contributed by atoms with E-state index in [1.54, 1.807) is 16.7 Å². The number of hydrogen-bond donors (Lipinski definition) is 1. The lowest BCUT2D eigenvalue weighted by molar-refractivity contribution is 0.0934. The molecule has 3 rings (SSSR count). The number of hydrogen-bond acceptors (Lipinski definition) is 3. The van der Waals surface area contributed by atoms with Crippen LogP contribution in [0.2, 0.25) is 0 Å². The van der Waals surface area contributed by atoms with E-state index in [9.17, 15) is 9.59 Å². The van der Waals surface area contributed by atoms with Gasteiger partial charge in [-0.2, -0.15) is 11.3 Å². The summed E-state index contributed by atoms with van der Waals surface area (Å²) >= 11 is 1.52. The lowest BCUT2D eigenvalue weighted by Gasteiger charge is -2.27. The first-order valence-corrected chi connectivity index (χ1v) is 8.29. The lowest BCUT2D eigenvalue weighted by Crippen LogP contribution is -2.40. The molecule has 0 saturated heterocycles. The summed E-state index contributed by atoms with van der Waals surface area (Å²) in [5, 5.41) is 6.85. The van der Waals surface area contributed by atoms with Gasteiger partial charge in [0.25, 0.3) is 11.5 Å². The molecule has 114 valence electrons. The third kappa shape index (κ3) is 2.90. The second-order valence-electron chi connectivity index (χ2n) is 5.47. The predicted octanol–water partition coefficient (Wildman–Crippen LogP) is 2.38. The molecule has 5 heteroatoms. The third-order valence-electron chi connectivity index (χ3n) is 4.02. The normalized spacial score (nSPS) is 16.8. The van der Waals surface area contributed by atoms with Crippen molar-refractivity contribution in [3.05, 3.63) is 68.8 Å². The van der Waals surface area contributed by atoms with Gasteiger partial charge in [-0.3, -0.25) is 9.59 Å². The quantitative estimate of drug-likeness (QED) is 0.881. The van der Waals surface area contributed by atoms with Crippen molar-refractivity contribution in [1.29, 1.82) is 0 Å². The second kappa shape index (κ2) is 6.32. The van der Waals surface area contributed by atoms with E-state index in [-0.39, 0.29) is 17.5 Å². The lowest BCUT2D eigenvalue weighted by atomic mass is 9.91. The molecule has 0 radical (unpaired) electrons. The molecule has 0 bridgehead atoms. The largest absolute Gasteiger partial charge is 0.349 e. The zero-order valence-electron chi connectivity index (χ0n) is 12.2. The number of carbonyl (C=O) groups is 1. The second-order valence-corrected chi connectivity index (χ2v) is 6.25. The number of rotatable bonds is 4. The molecule has 2 heterocycles. The summed E-state index contributed by atoms with van der Waals surface area (Å²) in [4.78, 5) is 24.1. The summed E-state index contributed by atoms with van der Waals surface area (Å²) in [6.45, 7) is 4.25. The van der Waals surface area contributed by atoms with Crippen LogP contribution in [0.4, 0.5) is 0 Å². The number of nitrogens with one attached hydrogen (secondary N) is 1. The molecule has 0 aliphatic heterocycles. The molecule has 1 atom stereocenters. The topological polar surface area (TPSA) is 51.1 Å². The van der Waals surface area contributed by atoms with Gasteiger partial charge in [-0.05, 0) is 36.3 Å². The van der Waals surface area contributed by atoms with Gasteiger partial charge in [0, 0.05) is 35.3 Å². The maximum absolute atomic E-state index is 12.1. The molecule has 4 nitrogen and oxygen atoms in total. The Bertz CT molecular complexity index is 747. The van der Waals surface area contributed by atoms with Crippen LogP contribution in [0.25, 0.3) is 0 Å². The van der Waals surface area contributed by atoms with Crippen LogP contribution in [0.3, 0.4) is 0 Å². The van der Waals surface area contributed by atoms with Crippen molar-refractivity contribution in [2.45, 2.75) is 31.8 Å². The molecule has 1 unspecified atom stereocenters. The van der Waals surface area contributed by atoms with E-state index in [1.165, 1.54) is 11.3 Å². The number of carbonyl (C=O) groups excluding carboxylic acids is 1. The Labute approximate surface area is 133 Å². The molecule has 22 heavy (non-hydrogen) atoms. The number of amides is 1. The summed E-state index contributed by atoms with van der Waals surface area (Å²) in [6, 6.07) is 5.44. The van der Waals surface area contributed by atoms with Crippen LogP contribution in [-0.4, -0.2) is 16.5 Å². The van der Waals surface area contributed by atoms with Crippen molar-refractivity contribution in [2.24, 2.45) is 0 Å². The molecule has 0 fully saturated rings. The van der Waals surface area contributed by atoms with Gasteiger partial charge in [0.05, 0.1) is 0 Å². The minimum Gasteiger partial charge on any atom is -0.349 e. The number of pyridine rings is 1. The Kier molecular flexibility index (Phi) is 4.24. The number of fused-ring (bicyclic) bond motifs is 1. The van der Waals surface area contributed by atoms with Crippen molar-refractivity contribution in [2.75, 3.05) is 0 Å². The minimum atomic E-state index is -0.0193. The summed E-state index contributed by atoms with van der Waals surface area (Å²) in [7, 11) is 0. The maximum atomic E-state index is 12.1. The first kappa shape index (κ1) is 14.8. The SMILES string of the molecule is C=CCn1c2c(ccc1=O)CC(NC(=O)c1ccsc1)CC2. The standard InChI is InChI=1S/C17H18N2O2S/c1-2-8-19-15-5-4-14(10-12(15)3-6-16(19)20)18-17(21)13-7-9-22-11-13/h2-3,6-7,9,11,14H,1,4-5,8,10H2,(H,18,21). The molecule has 1 N–H and O–H groups in total. The Balaban J connectivity index is 1.77. The van der Waals surface area contributed by atoms with Crippen LogP contribution in [0.15, 0.2) is 46.4 Å². The van der Waals surface area contributed by atoms with Gasteiger partial charge in [-0.1, -0.05) is 12.1 Å². The van der Waals surface area contributed by atoms with Crippen molar-refractivity contribution in [3.8, 4) is 0 Å². The molecule has 0 aromatic carbocycles. The summed E-state index contributed by atoms with van der Waals surface area (Å²) < 4.78 is 1.78. The molecule has 1 aliphatic rings. The maximum Gasteiger partial charge on any atom is 0.252 e. The van der Waals surface area contributed by atoms with Gasteiger partial charge >= 0.3 is 0 Å². The summed E-state index contributed by atoms with van der Waals surface area (Å²) in [6.07, 6.45) is 4.16. The number of allylic oxidation sites excluding steroid dienone is 1. The van der Waals surface area contributed by atoms with E-state index in [2.05, 4.69) is 11.9 Å². The van der Waals surface area contributed by atoms with Crippen LogP contribution < -0.4 is 10.9 Å².